The molecule has 1 fully saturated rings. The number of para-hydroxylation sites is 1. The summed E-state index contributed by atoms with van der Waals surface area (Å²) in [5.74, 6) is 0.711. The Bertz CT molecular complexity index is 792. The summed E-state index contributed by atoms with van der Waals surface area (Å²) in [4.78, 5) is 15.9. The third-order valence-electron chi connectivity index (χ3n) is 4.61. The molecule has 0 atom stereocenters. The van der Waals surface area contributed by atoms with E-state index in [2.05, 4.69) is 15.1 Å². The zero-order valence-corrected chi connectivity index (χ0v) is 15.6. The fourth-order valence-corrected chi connectivity index (χ4v) is 3.16. The van der Waals surface area contributed by atoms with Gasteiger partial charge in [-0.05, 0) is 29.8 Å². The number of piperazine rings is 1. The molecule has 0 aromatic heterocycles. The average Bonchev–Trinajstić information content (AvgIpc) is 2.69. The van der Waals surface area contributed by atoms with Crippen molar-refractivity contribution in [2.75, 3.05) is 45.2 Å². The highest BCUT2D eigenvalue weighted by atomic mass is 19.1. The number of carbonyl (C=O) groups excluding carboxylic acids is 1. The number of ether oxygens (including phenoxy) is 2. The van der Waals surface area contributed by atoms with Crippen molar-refractivity contribution in [1.82, 2.24) is 10.2 Å². The molecule has 2 aromatic carbocycles. The maximum Gasteiger partial charge on any atom is 0.412 e. The topological polar surface area (TPSA) is 54.0 Å². The van der Waals surface area contributed by atoms with Gasteiger partial charge in [-0.3, -0.25) is 4.90 Å². The van der Waals surface area contributed by atoms with E-state index < -0.39 is 6.09 Å². The minimum Gasteiger partial charge on any atom is -0.493 e. The van der Waals surface area contributed by atoms with Gasteiger partial charge in [-0.1, -0.05) is 18.2 Å². The maximum absolute atomic E-state index is 14.0. The Balaban J connectivity index is 1.62. The first-order chi connectivity index (χ1) is 13.1. The monoisotopic (exact) mass is 373 g/mol. The number of nitrogens with zero attached hydrogens (tertiary/aromatic N) is 2. The van der Waals surface area contributed by atoms with Crippen molar-refractivity contribution in [1.29, 1.82) is 0 Å². The minimum atomic E-state index is -0.538. The van der Waals surface area contributed by atoms with Crippen LogP contribution in [-0.2, 0) is 6.54 Å². The number of nitrogens with one attached hydrogen (secondary N) is 1. The Labute approximate surface area is 158 Å². The molecule has 1 heterocycles. The number of benzene rings is 2. The van der Waals surface area contributed by atoms with Crippen LogP contribution >= 0.6 is 0 Å². The Morgan fingerprint density at radius 2 is 1.85 bits per heavy atom. The zero-order chi connectivity index (χ0) is 19.2. The van der Waals surface area contributed by atoms with Crippen LogP contribution in [0.25, 0.3) is 0 Å². The zero-order valence-electron chi connectivity index (χ0n) is 15.6. The van der Waals surface area contributed by atoms with E-state index in [-0.39, 0.29) is 5.82 Å². The van der Waals surface area contributed by atoms with Gasteiger partial charge in [0.1, 0.15) is 5.82 Å². The lowest BCUT2D eigenvalue weighted by atomic mass is 10.1. The summed E-state index contributed by atoms with van der Waals surface area (Å²) >= 11 is 0. The maximum atomic E-state index is 14.0. The molecular weight excluding hydrogens is 349 g/mol. The number of methoxy groups -OCH3 is 1. The van der Waals surface area contributed by atoms with E-state index in [1.807, 2.05) is 24.3 Å². The van der Waals surface area contributed by atoms with Crippen molar-refractivity contribution in [2.24, 2.45) is 0 Å². The van der Waals surface area contributed by atoms with Crippen molar-refractivity contribution in [3.63, 3.8) is 0 Å². The van der Waals surface area contributed by atoms with Gasteiger partial charge in [0, 0.05) is 39.8 Å². The number of halogens is 1. The second-order valence-corrected chi connectivity index (χ2v) is 6.34. The molecule has 1 amide bonds. The van der Waals surface area contributed by atoms with E-state index >= 15 is 0 Å². The molecule has 0 unspecified atom stereocenters. The average molecular weight is 373 g/mol. The van der Waals surface area contributed by atoms with Crippen LogP contribution in [0.3, 0.4) is 0 Å². The van der Waals surface area contributed by atoms with Crippen LogP contribution in [0.15, 0.2) is 42.5 Å². The summed E-state index contributed by atoms with van der Waals surface area (Å²) in [7, 11) is 3.04. The molecule has 0 radical (unpaired) electrons. The van der Waals surface area contributed by atoms with Gasteiger partial charge in [0.05, 0.1) is 12.8 Å². The van der Waals surface area contributed by atoms with Crippen molar-refractivity contribution in [3.05, 3.63) is 53.8 Å². The third-order valence-corrected chi connectivity index (χ3v) is 4.61. The Hall–Kier alpha value is -2.80. The highest BCUT2D eigenvalue weighted by molar-refractivity contribution is 5.71. The molecule has 0 bridgehead atoms. The molecule has 144 valence electrons. The van der Waals surface area contributed by atoms with Crippen LogP contribution < -0.4 is 19.7 Å². The lowest BCUT2D eigenvalue weighted by molar-refractivity contribution is 0.200. The van der Waals surface area contributed by atoms with Crippen molar-refractivity contribution < 1.29 is 18.7 Å². The molecule has 1 N–H and O–H groups in total. The van der Waals surface area contributed by atoms with Gasteiger partial charge < -0.3 is 19.7 Å². The van der Waals surface area contributed by atoms with Crippen LogP contribution in [0.5, 0.6) is 11.5 Å². The van der Waals surface area contributed by atoms with Crippen molar-refractivity contribution in [3.8, 4) is 11.5 Å². The van der Waals surface area contributed by atoms with Gasteiger partial charge in [-0.2, -0.15) is 0 Å². The van der Waals surface area contributed by atoms with E-state index in [9.17, 15) is 9.18 Å². The molecule has 1 aliphatic rings. The fourth-order valence-electron chi connectivity index (χ4n) is 3.16. The number of rotatable bonds is 5. The Morgan fingerprint density at radius 1 is 1.11 bits per heavy atom. The molecule has 27 heavy (non-hydrogen) atoms. The molecule has 2 aromatic rings. The third kappa shape index (κ3) is 4.68. The first-order valence-corrected chi connectivity index (χ1v) is 8.89. The van der Waals surface area contributed by atoms with E-state index in [0.29, 0.717) is 17.2 Å². The summed E-state index contributed by atoms with van der Waals surface area (Å²) in [6.07, 6.45) is -0.538. The second-order valence-electron chi connectivity index (χ2n) is 6.34. The predicted octanol–water partition coefficient (Wildman–Crippen LogP) is 2.87. The Morgan fingerprint density at radius 3 is 2.52 bits per heavy atom. The summed E-state index contributed by atoms with van der Waals surface area (Å²) in [6.45, 7) is 3.90. The second kappa shape index (κ2) is 8.73. The summed E-state index contributed by atoms with van der Waals surface area (Å²) in [5, 5.41) is 2.43. The summed E-state index contributed by atoms with van der Waals surface area (Å²) in [6, 6.07) is 12.4. The van der Waals surface area contributed by atoms with Crippen LogP contribution in [-0.4, -0.2) is 51.3 Å². The highest BCUT2D eigenvalue weighted by Gasteiger charge is 2.20. The van der Waals surface area contributed by atoms with Crippen molar-refractivity contribution >= 4 is 11.8 Å². The van der Waals surface area contributed by atoms with Gasteiger partial charge in [0.2, 0.25) is 0 Å². The quantitative estimate of drug-likeness (QED) is 0.874. The molecule has 1 saturated heterocycles. The van der Waals surface area contributed by atoms with E-state index in [0.717, 1.165) is 38.3 Å². The normalized spacial score (nSPS) is 14.7. The number of anilines is 1. The molecule has 6 nitrogen and oxygen atoms in total. The van der Waals surface area contributed by atoms with E-state index in [4.69, 9.17) is 9.47 Å². The standard InChI is InChI=1S/C20H24FN3O3/c1-22-20(25)27-19-13-15(7-8-18(19)26-2)14-23-9-11-24(12-10-23)17-6-4-3-5-16(17)21/h3-8,13H,9-12,14H2,1-2H3,(H,22,25). The summed E-state index contributed by atoms with van der Waals surface area (Å²) in [5.41, 5.74) is 1.68. The van der Waals surface area contributed by atoms with Crippen molar-refractivity contribution in [2.45, 2.75) is 6.54 Å². The number of hydrogen-bond acceptors (Lipinski definition) is 5. The van der Waals surface area contributed by atoms with Crippen LogP contribution in [0.1, 0.15) is 5.56 Å². The van der Waals surface area contributed by atoms with Crippen LogP contribution in [0.2, 0.25) is 0 Å². The largest absolute Gasteiger partial charge is 0.493 e. The van der Waals surface area contributed by atoms with Gasteiger partial charge in [-0.25, -0.2) is 9.18 Å². The van der Waals surface area contributed by atoms with Crippen LogP contribution in [0, 0.1) is 5.82 Å². The number of hydrogen-bond donors (Lipinski definition) is 1. The van der Waals surface area contributed by atoms with Gasteiger partial charge in [0.25, 0.3) is 0 Å². The van der Waals surface area contributed by atoms with E-state index in [1.54, 1.807) is 12.1 Å². The van der Waals surface area contributed by atoms with Crippen LogP contribution in [0.4, 0.5) is 14.9 Å². The molecular formula is C20H24FN3O3. The molecule has 0 aliphatic carbocycles. The van der Waals surface area contributed by atoms with E-state index in [1.165, 1.54) is 20.2 Å². The molecule has 0 spiro atoms. The number of amides is 1. The minimum absolute atomic E-state index is 0.183. The Kier molecular flexibility index (Phi) is 6.13. The highest BCUT2D eigenvalue weighted by Crippen LogP contribution is 2.29. The fraction of sp³-hybridized carbons (Fsp3) is 0.350. The molecule has 7 heteroatoms. The van der Waals surface area contributed by atoms with Gasteiger partial charge in [-0.15, -0.1) is 0 Å². The number of carbonyl (C=O) groups is 1. The molecule has 3 rings (SSSR count). The van der Waals surface area contributed by atoms with Gasteiger partial charge >= 0.3 is 6.09 Å². The smallest absolute Gasteiger partial charge is 0.412 e. The summed E-state index contributed by atoms with van der Waals surface area (Å²) < 4.78 is 24.5. The molecule has 0 saturated carbocycles. The SMILES string of the molecule is CNC(=O)Oc1cc(CN2CCN(c3ccccc3F)CC2)ccc1OC. The lowest BCUT2D eigenvalue weighted by Crippen LogP contribution is -2.46. The van der Waals surface area contributed by atoms with Gasteiger partial charge in [0.15, 0.2) is 11.5 Å². The first kappa shape index (κ1) is 19.0. The first-order valence-electron chi connectivity index (χ1n) is 8.89. The lowest BCUT2D eigenvalue weighted by Gasteiger charge is -2.36. The molecule has 1 aliphatic heterocycles. The predicted molar refractivity (Wildman–Crippen MR) is 102 cm³/mol.